The minimum atomic E-state index is -0.599. The normalized spacial score (nSPS) is 22.4. The Bertz CT molecular complexity index is 137. The fourth-order valence-corrected chi connectivity index (χ4v) is 0.847. The van der Waals surface area contributed by atoms with E-state index in [0.717, 1.165) is 0 Å². The molecule has 58 valence electrons. The van der Waals surface area contributed by atoms with Crippen LogP contribution in [0.5, 0.6) is 0 Å². The standard InChI is InChI=1S/C6H10N2O.ClH/c7-5-6(8)1-3-9-4-2-6;/h1-4,8H2;1H. The van der Waals surface area contributed by atoms with Gasteiger partial charge in [0.2, 0.25) is 0 Å². The van der Waals surface area contributed by atoms with Crippen LogP contribution >= 0.6 is 12.4 Å². The molecule has 3 nitrogen and oxygen atoms in total. The van der Waals surface area contributed by atoms with E-state index in [2.05, 4.69) is 6.07 Å². The van der Waals surface area contributed by atoms with Crippen LogP contribution in [0.25, 0.3) is 0 Å². The predicted molar refractivity (Wildman–Crippen MR) is 39.8 cm³/mol. The Hall–Kier alpha value is -0.300. The fourth-order valence-electron chi connectivity index (χ4n) is 0.847. The Kier molecular flexibility index (Phi) is 3.66. The number of halogens is 1. The van der Waals surface area contributed by atoms with E-state index in [1.165, 1.54) is 0 Å². The highest BCUT2D eigenvalue weighted by molar-refractivity contribution is 5.85. The van der Waals surface area contributed by atoms with Gasteiger partial charge in [0.25, 0.3) is 0 Å². The van der Waals surface area contributed by atoms with Crippen molar-refractivity contribution in [2.75, 3.05) is 13.2 Å². The molecule has 0 saturated carbocycles. The summed E-state index contributed by atoms with van der Waals surface area (Å²) in [7, 11) is 0. The molecule has 1 aliphatic rings. The molecule has 0 radical (unpaired) electrons. The molecule has 1 heterocycles. The Morgan fingerprint density at radius 1 is 1.40 bits per heavy atom. The summed E-state index contributed by atoms with van der Waals surface area (Å²) in [5.41, 5.74) is 5.02. The third-order valence-corrected chi connectivity index (χ3v) is 1.61. The number of ether oxygens (including phenoxy) is 1. The summed E-state index contributed by atoms with van der Waals surface area (Å²) >= 11 is 0. The van der Waals surface area contributed by atoms with Gasteiger partial charge in [-0.1, -0.05) is 0 Å². The highest BCUT2D eigenvalue weighted by Crippen LogP contribution is 2.15. The van der Waals surface area contributed by atoms with Crippen LogP contribution in [0.3, 0.4) is 0 Å². The van der Waals surface area contributed by atoms with Crippen LogP contribution in [-0.4, -0.2) is 18.8 Å². The summed E-state index contributed by atoms with van der Waals surface area (Å²) < 4.78 is 5.04. The monoisotopic (exact) mass is 162 g/mol. The molecular weight excluding hydrogens is 152 g/mol. The predicted octanol–water partition coefficient (Wildman–Crippen LogP) is 0.440. The molecule has 1 saturated heterocycles. The van der Waals surface area contributed by atoms with E-state index in [1.807, 2.05) is 0 Å². The van der Waals surface area contributed by atoms with E-state index in [9.17, 15) is 0 Å². The first-order valence-electron chi connectivity index (χ1n) is 3.05. The third kappa shape index (κ3) is 2.14. The lowest BCUT2D eigenvalue weighted by atomic mass is 9.94. The Morgan fingerprint density at radius 2 is 1.90 bits per heavy atom. The van der Waals surface area contributed by atoms with Crippen LogP contribution in [0.4, 0.5) is 0 Å². The first-order valence-corrected chi connectivity index (χ1v) is 3.05. The maximum atomic E-state index is 8.52. The summed E-state index contributed by atoms with van der Waals surface area (Å²) in [5.74, 6) is 0. The van der Waals surface area contributed by atoms with E-state index in [-0.39, 0.29) is 12.4 Å². The van der Waals surface area contributed by atoms with Crippen molar-refractivity contribution in [1.82, 2.24) is 0 Å². The van der Waals surface area contributed by atoms with Crippen LogP contribution in [-0.2, 0) is 4.74 Å². The lowest BCUT2D eigenvalue weighted by molar-refractivity contribution is 0.0699. The van der Waals surface area contributed by atoms with Gasteiger partial charge in [-0.05, 0) is 0 Å². The second kappa shape index (κ2) is 3.77. The van der Waals surface area contributed by atoms with E-state index in [4.69, 9.17) is 15.7 Å². The number of hydrogen-bond donors (Lipinski definition) is 1. The Labute approximate surface area is 66.6 Å². The molecule has 0 aromatic carbocycles. The van der Waals surface area contributed by atoms with Crippen molar-refractivity contribution in [2.45, 2.75) is 18.4 Å². The van der Waals surface area contributed by atoms with Crippen LogP contribution in [0.2, 0.25) is 0 Å². The van der Waals surface area contributed by atoms with Crippen molar-refractivity contribution < 1.29 is 4.74 Å². The molecule has 0 aromatic rings. The van der Waals surface area contributed by atoms with Gasteiger partial charge in [-0.2, -0.15) is 5.26 Å². The molecule has 0 bridgehead atoms. The number of nitrogens with two attached hydrogens (primary N) is 1. The summed E-state index contributed by atoms with van der Waals surface area (Å²) in [6, 6.07) is 2.08. The topological polar surface area (TPSA) is 59.0 Å². The quantitative estimate of drug-likeness (QED) is 0.563. The van der Waals surface area contributed by atoms with E-state index in [0.29, 0.717) is 26.1 Å². The third-order valence-electron chi connectivity index (χ3n) is 1.61. The molecule has 0 aliphatic carbocycles. The number of rotatable bonds is 0. The zero-order valence-corrected chi connectivity index (χ0v) is 6.49. The van der Waals surface area contributed by atoms with Crippen molar-refractivity contribution in [2.24, 2.45) is 5.73 Å². The first kappa shape index (κ1) is 9.70. The highest BCUT2D eigenvalue weighted by atomic mass is 35.5. The molecule has 1 fully saturated rings. The second-order valence-electron chi connectivity index (χ2n) is 2.38. The lowest BCUT2D eigenvalue weighted by Gasteiger charge is -2.25. The number of nitriles is 1. The van der Waals surface area contributed by atoms with Crippen molar-refractivity contribution in [1.29, 1.82) is 5.26 Å². The van der Waals surface area contributed by atoms with Gasteiger partial charge in [0, 0.05) is 26.1 Å². The molecule has 1 rings (SSSR count). The molecule has 2 N–H and O–H groups in total. The van der Waals surface area contributed by atoms with Gasteiger partial charge >= 0.3 is 0 Å². The maximum absolute atomic E-state index is 8.52. The van der Waals surface area contributed by atoms with Crippen molar-refractivity contribution in [3.05, 3.63) is 0 Å². The van der Waals surface area contributed by atoms with E-state index in [1.54, 1.807) is 0 Å². The second-order valence-corrected chi connectivity index (χ2v) is 2.38. The first-order chi connectivity index (χ1) is 4.27. The van der Waals surface area contributed by atoms with E-state index < -0.39 is 5.54 Å². The smallest absolute Gasteiger partial charge is 0.108 e. The van der Waals surface area contributed by atoms with Crippen LogP contribution in [0, 0.1) is 11.3 Å². The van der Waals surface area contributed by atoms with Gasteiger partial charge in [-0.25, -0.2) is 0 Å². The molecule has 0 atom stereocenters. The Morgan fingerprint density at radius 3 is 2.20 bits per heavy atom. The van der Waals surface area contributed by atoms with Crippen LogP contribution in [0.15, 0.2) is 0 Å². The largest absolute Gasteiger partial charge is 0.381 e. The van der Waals surface area contributed by atoms with Crippen molar-refractivity contribution >= 4 is 12.4 Å². The van der Waals surface area contributed by atoms with Gasteiger partial charge in [0.1, 0.15) is 5.54 Å². The molecule has 4 heteroatoms. The zero-order valence-electron chi connectivity index (χ0n) is 5.67. The molecule has 0 amide bonds. The fraction of sp³-hybridized carbons (Fsp3) is 0.833. The number of hydrogen-bond acceptors (Lipinski definition) is 3. The summed E-state index contributed by atoms with van der Waals surface area (Å²) in [5, 5.41) is 8.52. The SMILES string of the molecule is Cl.N#CC1(N)CCOCC1. The summed E-state index contributed by atoms with van der Waals surface area (Å²) in [6.45, 7) is 1.26. The maximum Gasteiger partial charge on any atom is 0.108 e. The molecule has 10 heavy (non-hydrogen) atoms. The minimum Gasteiger partial charge on any atom is -0.381 e. The van der Waals surface area contributed by atoms with Gasteiger partial charge in [0.05, 0.1) is 6.07 Å². The molecule has 0 spiro atoms. The minimum absolute atomic E-state index is 0. The summed E-state index contributed by atoms with van der Waals surface area (Å²) in [6.07, 6.45) is 1.34. The van der Waals surface area contributed by atoms with Crippen molar-refractivity contribution in [3.8, 4) is 6.07 Å². The van der Waals surface area contributed by atoms with Gasteiger partial charge in [0.15, 0.2) is 0 Å². The molecule has 1 aliphatic heterocycles. The Balaban J connectivity index is 0.000000810. The highest BCUT2D eigenvalue weighted by Gasteiger charge is 2.26. The van der Waals surface area contributed by atoms with Gasteiger partial charge in [-0.15, -0.1) is 12.4 Å². The lowest BCUT2D eigenvalue weighted by Crippen LogP contribution is -2.43. The molecule has 0 aromatic heterocycles. The van der Waals surface area contributed by atoms with Crippen molar-refractivity contribution in [3.63, 3.8) is 0 Å². The molecule has 0 unspecified atom stereocenters. The van der Waals surface area contributed by atoms with Crippen LogP contribution < -0.4 is 5.73 Å². The van der Waals surface area contributed by atoms with Gasteiger partial charge < -0.3 is 10.5 Å². The average molecular weight is 163 g/mol. The van der Waals surface area contributed by atoms with E-state index >= 15 is 0 Å². The zero-order chi connectivity index (χ0) is 6.74. The number of nitrogens with zero attached hydrogens (tertiary/aromatic N) is 1. The van der Waals surface area contributed by atoms with Crippen LogP contribution in [0.1, 0.15) is 12.8 Å². The average Bonchev–Trinajstić information content (AvgIpc) is 1.90. The molecular formula is C6H11ClN2O. The van der Waals surface area contributed by atoms with Gasteiger partial charge in [-0.3, -0.25) is 0 Å². The summed E-state index contributed by atoms with van der Waals surface area (Å²) in [4.78, 5) is 0.